The van der Waals surface area contributed by atoms with E-state index in [1.165, 1.54) is 0 Å². The van der Waals surface area contributed by atoms with Crippen LogP contribution in [0.15, 0.2) is 18.2 Å². The molecular weight excluding hydrogens is 212 g/mol. The summed E-state index contributed by atoms with van der Waals surface area (Å²) in [5.74, 6) is -0.0193. The molecule has 0 saturated heterocycles. The van der Waals surface area contributed by atoms with Crippen LogP contribution in [0, 0.1) is 6.92 Å². The van der Waals surface area contributed by atoms with E-state index in [-0.39, 0.29) is 12.5 Å². The minimum atomic E-state index is -0.0193. The predicted octanol–water partition coefficient (Wildman–Crippen LogP) is 2.20. The van der Waals surface area contributed by atoms with E-state index < -0.39 is 0 Å². The molecule has 0 heterocycles. The van der Waals surface area contributed by atoms with Crippen LogP contribution >= 0.6 is 11.6 Å². The number of hydrogen-bond acceptors (Lipinski definition) is 2. The lowest BCUT2D eigenvalue weighted by molar-refractivity contribution is -0.119. The second kappa shape index (κ2) is 5.61. The second-order valence-corrected chi connectivity index (χ2v) is 3.68. The Hall–Kier alpha value is -1.22. The first-order valence-corrected chi connectivity index (χ1v) is 5.28. The summed E-state index contributed by atoms with van der Waals surface area (Å²) in [6, 6.07) is 5.64. The van der Waals surface area contributed by atoms with E-state index in [4.69, 9.17) is 11.6 Å². The molecule has 15 heavy (non-hydrogen) atoms. The lowest BCUT2D eigenvalue weighted by atomic mass is 10.2. The standard InChI is InChI=1S/C11H15ClN2O/c1-3-13-11(15)7-14-9-5-4-8(2)10(12)6-9/h4-6,14H,3,7H2,1-2H3,(H,13,15). The van der Waals surface area contributed by atoms with Gasteiger partial charge in [-0.05, 0) is 31.5 Å². The molecule has 0 bridgehead atoms. The summed E-state index contributed by atoms with van der Waals surface area (Å²) in [5, 5.41) is 6.41. The number of likely N-dealkylation sites (N-methyl/N-ethyl adjacent to an activating group) is 1. The van der Waals surface area contributed by atoms with Crippen molar-refractivity contribution in [1.29, 1.82) is 0 Å². The minimum absolute atomic E-state index is 0.0193. The van der Waals surface area contributed by atoms with E-state index in [0.717, 1.165) is 11.3 Å². The van der Waals surface area contributed by atoms with E-state index in [9.17, 15) is 4.79 Å². The minimum Gasteiger partial charge on any atom is -0.376 e. The van der Waals surface area contributed by atoms with Crippen LogP contribution in [0.4, 0.5) is 5.69 Å². The summed E-state index contributed by atoms with van der Waals surface area (Å²) >= 11 is 5.95. The molecule has 0 aromatic heterocycles. The number of rotatable bonds is 4. The fraction of sp³-hybridized carbons (Fsp3) is 0.364. The maximum absolute atomic E-state index is 11.2. The number of nitrogens with one attached hydrogen (secondary N) is 2. The Morgan fingerprint density at radius 1 is 1.47 bits per heavy atom. The number of carbonyl (C=O) groups excluding carboxylic acids is 1. The highest BCUT2D eigenvalue weighted by molar-refractivity contribution is 6.31. The maximum atomic E-state index is 11.2. The average molecular weight is 227 g/mol. The van der Waals surface area contributed by atoms with Gasteiger partial charge in [0.15, 0.2) is 0 Å². The Bertz CT molecular complexity index is 352. The fourth-order valence-electron chi connectivity index (χ4n) is 1.14. The van der Waals surface area contributed by atoms with Crippen molar-refractivity contribution in [3.05, 3.63) is 28.8 Å². The monoisotopic (exact) mass is 226 g/mol. The van der Waals surface area contributed by atoms with Crippen LogP contribution in [-0.4, -0.2) is 19.0 Å². The molecule has 0 aliphatic rings. The molecule has 0 unspecified atom stereocenters. The molecule has 82 valence electrons. The molecule has 1 amide bonds. The topological polar surface area (TPSA) is 41.1 Å². The summed E-state index contributed by atoms with van der Waals surface area (Å²) in [4.78, 5) is 11.2. The summed E-state index contributed by atoms with van der Waals surface area (Å²) in [6.07, 6.45) is 0. The Morgan fingerprint density at radius 3 is 2.80 bits per heavy atom. The van der Waals surface area contributed by atoms with Crippen molar-refractivity contribution in [3.8, 4) is 0 Å². The van der Waals surface area contributed by atoms with Crippen molar-refractivity contribution in [2.75, 3.05) is 18.4 Å². The van der Waals surface area contributed by atoms with E-state index >= 15 is 0 Å². The SMILES string of the molecule is CCNC(=O)CNc1ccc(C)c(Cl)c1. The van der Waals surface area contributed by atoms with Gasteiger partial charge in [0.2, 0.25) is 5.91 Å². The number of anilines is 1. The van der Waals surface area contributed by atoms with Crippen LogP contribution in [-0.2, 0) is 4.79 Å². The first-order chi connectivity index (χ1) is 7.13. The predicted molar refractivity (Wildman–Crippen MR) is 63.4 cm³/mol. The normalized spacial score (nSPS) is 9.80. The molecule has 4 heteroatoms. The molecule has 3 nitrogen and oxygen atoms in total. The van der Waals surface area contributed by atoms with Gasteiger partial charge in [-0.1, -0.05) is 17.7 Å². The van der Waals surface area contributed by atoms with Crippen LogP contribution < -0.4 is 10.6 Å². The molecule has 1 aromatic rings. The van der Waals surface area contributed by atoms with Crippen LogP contribution in [0.1, 0.15) is 12.5 Å². The van der Waals surface area contributed by atoms with Gasteiger partial charge >= 0.3 is 0 Å². The van der Waals surface area contributed by atoms with E-state index in [1.807, 2.05) is 32.0 Å². The lowest BCUT2D eigenvalue weighted by Gasteiger charge is -2.07. The van der Waals surface area contributed by atoms with Gasteiger partial charge < -0.3 is 10.6 Å². The fourth-order valence-corrected chi connectivity index (χ4v) is 1.33. The number of benzene rings is 1. The highest BCUT2D eigenvalue weighted by atomic mass is 35.5. The Kier molecular flexibility index (Phi) is 4.43. The van der Waals surface area contributed by atoms with Gasteiger partial charge in [0.1, 0.15) is 0 Å². The van der Waals surface area contributed by atoms with Crippen LogP contribution in [0.5, 0.6) is 0 Å². The zero-order valence-electron chi connectivity index (χ0n) is 8.93. The van der Waals surface area contributed by atoms with Gasteiger partial charge in [-0.15, -0.1) is 0 Å². The third-order valence-corrected chi connectivity index (χ3v) is 2.41. The molecule has 1 aromatic carbocycles. The van der Waals surface area contributed by atoms with Crippen LogP contribution in [0.25, 0.3) is 0 Å². The summed E-state index contributed by atoms with van der Waals surface area (Å²) in [5.41, 5.74) is 1.89. The second-order valence-electron chi connectivity index (χ2n) is 3.27. The van der Waals surface area contributed by atoms with Crippen molar-refractivity contribution in [1.82, 2.24) is 5.32 Å². The highest BCUT2D eigenvalue weighted by Crippen LogP contribution is 2.19. The largest absolute Gasteiger partial charge is 0.376 e. The molecule has 0 spiro atoms. The van der Waals surface area contributed by atoms with Gasteiger partial charge in [-0.2, -0.15) is 0 Å². The van der Waals surface area contributed by atoms with Crippen molar-refractivity contribution >= 4 is 23.2 Å². The van der Waals surface area contributed by atoms with Gasteiger partial charge in [0, 0.05) is 17.3 Å². The molecular formula is C11H15ClN2O. The summed E-state index contributed by atoms with van der Waals surface area (Å²) in [7, 11) is 0. The average Bonchev–Trinajstić information content (AvgIpc) is 2.20. The third-order valence-electron chi connectivity index (χ3n) is 2.00. The maximum Gasteiger partial charge on any atom is 0.239 e. The van der Waals surface area contributed by atoms with Crippen molar-refractivity contribution < 1.29 is 4.79 Å². The van der Waals surface area contributed by atoms with Crippen molar-refractivity contribution in [2.45, 2.75) is 13.8 Å². The molecule has 0 fully saturated rings. The van der Waals surface area contributed by atoms with Crippen LogP contribution in [0.3, 0.4) is 0 Å². The van der Waals surface area contributed by atoms with Gasteiger partial charge in [-0.3, -0.25) is 4.79 Å². The Morgan fingerprint density at radius 2 is 2.20 bits per heavy atom. The third kappa shape index (κ3) is 3.80. The van der Waals surface area contributed by atoms with E-state index in [1.54, 1.807) is 0 Å². The zero-order valence-corrected chi connectivity index (χ0v) is 9.69. The molecule has 0 atom stereocenters. The van der Waals surface area contributed by atoms with Crippen molar-refractivity contribution in [2.24, 2.45) is 0 Å². The molecule has 2 N–H and O–H groups in total. The summed E-state index contributed by atoms with van der Waals surface area (Å²) < 4.78 is 0. The van der Waals surface area contributed by atoms with E-state index in [0.29, 0.717) is 11.6 Å². The van der Waals surface area contributed by atoms with Crippen molar-refractivity contribution in [3.63, 3.8) is 0 Å². The first-order valence-electron chi connectivity index (χ1n) is 4.90. The number of carbonyl (C=O) groups is 1. The highest BCUT2D eigenvalue weighted by Gasteiger charge is 2.00. The van der Waals surface area contributed by atoms with Gasteiger partial charge in [-0.25, -0.2) is 0 Å². The Labute approximate surface area is 94.8 Å². The number of hydrogen-bond donors (Lipinski definition) is 2. The smallest absolute Gasteiger partial charge is 0.239 e. The lowest BCUT2D eigenvalue weighted by Crippen LogP contribution is -2.29. The van der Waals surface area contributed by atoms with Crippen LogP contribution in [0.2, 0.25) is 5.02 Å². The zero-order chi connectivity index (χ0) is 11.3. The quantitative estimate of drug-likeness (QED) is 0.827. The van der Waals surface area contributed by atoms with E-state index in [2.05, 4.69) is 10.6 Å². The number of aryl methyl sites for hydroxylation is 1. The Balaban J connectivity index is 2.51. The first kappa shape index (κ1) is 11.9. The molecule has 0 radical (unpaired) electrons. The molecule has 0 saturated carbocycles. The van der Waals surface area contributed by atoms with Gasteiger partial charge in [0.25, 0.3) is 0 Å². The number of amides is 1. The molecule has 0 aliphatic heterocycles. The summed E-state index contributed by atoms with van der Waals surface area (Å²) in [6.45, 7) is 4.75. The van der Waals surface area contributed by atoms with Gasteiger partial charge in [0.05, 0.1) is 6.54 Å². The molecule has 0 aliphatic carbocycles. The molecule has 1 rings (SSSR count). The number of halogens is 1.